The largest absolute Gasteiger partial charge is 0.493 e. The number of aryl methyl sites for hydroxylation is 1. The number of para-hydroxylation sites is 1. The second-order valence-electron chi connectivity index (χ2n) is 6.40. The number of ether oxygens (including phenoxy) is 3. The standard InChI is InChI=1S/C20H25N3O4/c1-4-14-11-21-20(22-12-14)27-15-7-6-10-23(13-15)19(24)16-8-5-9-17(25-2)18(16)26-3/h5,8-9,11-12,15H,4,6-7,10,13H2,1-3H3. The van der Waals surface area contributed by atoms with Crippen LogP contribution in [0.5, 0.6) is 17.5 Å². The lowest BCUT2D eigenvalue weighted by Gasteiger charge is -2.32. The Bertz CT molecular complexity index is 779. The normalized spacial score (nSPS) is 16.7. The average Bonchev–Trinajstić information content (AvgIpc) is 2.73. The fourth-order valence-corrected chi connectivity index (χ4v) is 3.18. The van der Waals surface area contributed by atoms with E-state index >= 15 is 0 Å². The fraction of sp³-hybridized carbons (Fsp3) is 0.450. The summed E-state index contributed by atoms with van der Waals surface area (Å²) in [5, 5.41) is 0. The maximum absolute atomic E-state index is 13.0. The third-order valence-corrected chi connectivity index (χ3v) is 4.66. The van der Waals surface area contributed by atoms with Crippen molar-refractivity contribution in [3.8, 4) is 17.5 Å². The van der Waals surface area contributed by atoms with Crippen LogP contribution in [0.25, 0.3) is 0 Å². The molecule has 0 N–H and O–H groups in total. The Labute approximate surface area is 159 Å². The van der Waals surface area contributed by atoms with Crippen LogP contribution >= 0.6 is 0 Å². The Kier molecular flexibility index (Phi) is 6.11. The zero-order chi connectivity index (χ0) is 19.2. The number of piperidine rings is 1. The fourth-order valence-electron chi connectivity index (χ4n) is 3.18. The SMILES string of the molecule is CCc1cnc(OC2CCCN(C(=O)c3cccc(OC)c3OC)C2)nc1. The molecule has 7 nitrogen and oxygen atoms in total. The van der Waals surface area contributed by atoms with Gasteiger partial charge >= 0.3 is 6.01 Å². The van der Waals surface area contributed by atoms with Gasteiger partial charge in [-0.1, -0.05) is 13.0 Å². The lowest BCUT2D eigenvalue weighted by Crippen LogP contribution is -2.44. The number of nitrogens with zero attached hydrogens (tertiary/aromatic N) is 3. The minimum atomic E-state index is -0.133. The predicted octanol–water partition coefficient (Wildman–Crippen LogP) is 2.74. The molecule has 0 aliphatic carbocycles. The van der Waals surface area contributed by atoms with Gasteiger partial charge in [0, 0.05) is 18.9 Å². The summed E-state index contributed by atoms with van der Waals surface area (Å²) in [6.45, 7) is 3.21. The number of benzene rings is 1. The van der Waals surface area contributed by atoms with Gasteiger partial charge in [0.2, 0.25) is 0 Å². The first-order chi connectivity index (χ1) is 13.2. The summed E-state index contributed by atoms with van der Waals surface area (Å²) in [5.41, 5.74) is 1.55. The number of hydrogen-bond donors (Lipinski definition) is 0. The van der Waals surface area contributed by atoms with Gasteiger partial charge in [0.1, 0.15) is 6.10 Å². The topological polar surface area (TPSA) is 73.8 Å². The van der Waals surface area contributed by atoms with Crippen molar-refractivity contribution in [2.45, 2.75) is 32.3 Å². The Morgan fingerprint density at radius 2 is 2.00 bits per heavy atom. The van der Waals surface area contributed by atoms with E-state index in [1.54, 1.807) is 42.6 Å². The van der Waals surface area contributed by atoms with Crippen LogP contribution in [0.4, 0.5) is 0 Å². The van der Waals surface area contributed by atoms with Crippen LogP contribution in [-0.2, 0) is 6.42 Å². The predicted molar refractivity (Wildman–Crippen MR) is 101 cm³/mol. The van der Waals surface area contributed by atoms with Crippen LogP contribution in [0.1, 0.15) is 35.7 Å². The molecule has 1 aliphatic rings. The lowest BCUT2D eigenvalue weighted by atomic mass is 10.1. The van der Waals surface area contributed by atoms with Gasteiger partial charge in [-0.2, -0.15) is 0 Å². The molecule has 1 fully saturated rings. The highest BCUT2D eigenvalue weighted by Gasteiger charge is 2.28. The maximum atomic E-state index is 13.0. The number of likely N-dealkylation sites (tertiary alicyclic amines) is 1. The lowest BCUT2D eigenvalue weighted by molar-refractivity contribution is 0.0512. The van der Waals surface area contributed by atoms with Gasteiger partial charge in [-0.05, 0) is 37.0 Å². The first-order valence-electron chi connectivity index (χ1n) is 9.14. The monoisotopic (exact) mass is 371 g/mol. The number of carbonyl (C=O) groups excluding carboxylic acids is 1. The highest BCUT2D eigenvalue weighted by Crippen LogP contribution is 2.32. The Morgan fingerprint density at radius 1 is 1.22 bits per heavy atom. The van der Waals surface area contributed by atoms with Gasteiger partial charge in [0.05, 0.1) is 26.3 Å². The first-order valence-corrected chi connectivity index (χ1v) is 9.14. The van der Waals surface area contributed by atoms with Crippen LogP contribution < -0.4 is 14.2 Å². The second kappa shape index (κ2) is 8.70. The van der Waals surface area contributed by atoms with Gasteiger partial charge in [-0.25, -0.2) is 9.97 Å². The van der Waals surface area contributed by atoms with Crippen molar-refractivity contribution in [3.63, 3.8) is 0 Å². The van der Waals surface area contributed by atoms with Crippen LogP contribution in [0, 0.1) is 0 Å². The number of rotatable bonds is 6. The molecule has 144 valence electrons. The van der Waals surface area contributed by atoms with Gasteiger partial charge in [0.25, 0.3) is 5.91 Å². The number of aromatic nitrogens is 2. The van der Waals surface area contributed by atoms with Crippen LogP contribution in [0.2, 0.25) is 0 Å². The summed E-state index contributed by atoms with van der Waals surface area (Å²) in [7, 11) is 3.09. The molecule has 7 heteroatoms. The Morgan fingerprint density at radius 3 is 2.67 bits per heavy atom. The van der Waals surface area contributed by atoms with E-state index in [9.17, 15) is 4.79 Å². The number of amides is 1. The first kappa shape index (κ1) is 18.9. The molecule has 1 atom stereocenters. The summed E-state index contributed by atoms with van der Waals surface area (Å²) in [6, 6.07) is 5.66. The molecule has 0 bridgehead atoms. The highest BCUT2D eigenvalue weighted by atomic mass is 16.5. The molecule has 1 unspecified atom stereocenters. The highest BCUT2D eigenvalue weighted by molar-refractivity contribution is 5.98. The molecular formula is C20H25N3O4. The van der Waals surface area contributed by atoms with Crippen molar-refractivity contribution in [3.05, 3.63) is 41.7 Å². The quantitative estimate of drug-likeness (QED) is 0.777. The Hall–Kier alpha value is -2.83. The number of hydrogen-bond acceptors (Lipinski definition) is 6. The van der Waals surface area contributed by atoms with E-state index in [-0.39, 0.29) is 12.0 Å². The summed E-state index contributed by atoms with van der Waals surface area (Å²) < 4.78 is 16.6. The molecule has 0 saturated carbocycles. The van der Waals surface area contributed by atoms with E-state index in [4.69, 9.17) is 14.2 Å². The van der Waals surface area contributed by atoms with Crippen molar-refractivity contribution in [2.24, 2.45) is 0 Å². The van der Waals surface area contributed by atoms with Crippen LogP contribution in [0.15, 0.2) is 30.6 Å². The molecule has 0 radical (unpaired) electrons. The zero-order valence-electron chi connectivity index (χ0n) is 16.0. The third-order valence-electron chi connectivity index (χ3n) is 4.66. The third kappa shape index (κ3) is 4.30. The summed E-state index contributed by atoms with van der Waals surface area (Å²) >= 11 is 0. The molecule has 3 rings (SSSR count). The number of carbonyl (C=O) groups is 1. The minimum Gasteiger partial charge on any atom is -0.493 e. The van der Waals surface area contributed by atoms with E-state index in [0.29, 0.717) is 36.2 Å². The molecule has 1 saturated heterocycles. The smallest absolute Gasteiger partial charge is 0.316 e. The van der Waals surface area contributed by atoms with E-state index in [1.807, 2.05) is 0 Å². The maximum Gasteiger partial charge on any atom is 0.316 e. The van der Waals surface area contributed by atoms with Crippen LogP contribution in [0.3, 0.4) is 0 Å². The van der Waals surface area contributed by atoms with E-state index in [0.717, 1.165) is 24.8 Å². The van der Waals surface area contributed by atoms with Gasteiger partial charge in [0.15, 0.2) is 11.5 Å². The summed E-state index contributed by atoms with van der Waals surface area (Å²) in [5.74, 6) is 0.894. The average molecular weight is 371 g/mol. The molecule has 1 amide bonds. The summed E-state index contributed by atoms with van der Waals surface area (Å²) in [6.07, 6.45) is 6.01. The zero-order valence-corrected chi connectivity index (χ0v) is 16.0. The molecule has 2 aromatic rings. The minimum absolute atomic E-state index is 0.0960. The van der Waals surface area contributed by atoms with Crippen molar-refractivity contribution < 1.29 is 19.0 Å². The van der Waals surface area contributed by atoms with E-state index in [1.165, 1.54) is 7.11 Å². The molecule has 27 heavy (non-hydrogen) atoms. The number of methoxy groups -OCH3 is 2. The van der Waals surface area contributed by atoms with Gasteiger partial charge in [-0.15, -0.1) is 0 Å². The molecule has 1 aliphatic heterocycles. The van der Waals surface area contributed by atoms with Crippen molar-refractivity contribution in [2.75, 3.05) is 27.3 Å². The van der Waals surface area contributed by atoms with Gasteiger partial charge < -0.3 is 19.1 Å². The molecule has 1 aromatic carbocycles. The van der Waals surface area contributed by atoms with E-state index in [2.05, 4.69) is 16.9 Å². The second-order valence-corrected chi connectivity index (χ2v) is 6.40. The van der Waals surface area contributed by atoms with Crippen molar-refractivity contribution >= 4 is 5.91 Å². The Balaban J connectivity index is 1.71. The summed E-state index contributed by atoms with van der Waals surface area (Å²) in [4.78, 5) is 23.3. The van der Waals surface area contributed by atoms with Gasteiger partial charge in [-0.3, -0.25) is 4.79 Å². The van der Waals surface area contributed by atoms with Crippen molar-refractivity contribution in [1.82, 2.24) is 14.9 Å². The van der Waals surface area contributed by atoms with E-state index < -0.39 is 0 Å². The van der Waals surface area contributed by atoms with Crippen molar-refractivity contribution in [1.29, 1.82) is 0 Å². The molecular weight excluding hydrogens is 346 g/mol. The van der Waals surface area contributed by atoms with Crippen LogP contribution in [-0.4, -0.2) is 54.2 Å². The molecule has 1 aromatic heterocycles. The molecule has 2 heterocycles. The molecule has 0 spiro atoms.